The molecule has 1 atom stereocenters. The number of para-hydroxylation sites is 1. The van der Waals surface area contributed by atoms with E-state index >= 15 is 0 Å². The van der Waals surface area contributed by atoms with E-state index in [2.05, 4.69) is 10.3 Å². The first-order valence-electron chi connectivity index (χ1n) is 6.85. The van der Waals surface area contributed by atoms with Crippen molar-refractivity contribution in [3.63, 3.8) is 0 Å². The Hall–Kier alpha value is -2.34. The average Bonchev–Trinajstić information content (AvgIpc) is 2.88. The summed E-state index contributed by atoms with van der Waals surface area (Å²) in [4.78, 5) is 26.2. The van der Waals surface area contributed by atoms with Crippen molar-refractivity contribution in [3.05, 3.63) is 36.0 Å². The second-order valence-electron chi connectivity index (χ2n) is 4.69. The number of amides is 1. The second kappa shape index (κ2) is 6.90. The van der Waals surface area contributed by atoms with Gasteiger partial charge in [0, 0.05) is 17.1 Å². The largest absolute Gasteiger partial charge is 0.465 e. The van der Waals surface area contributed by atoms with Gasteiger partial charge in [0.05, 0.1) is 12.6 Å². The molecule has 112 valence electrons. The highest BCUT2D eigenvalue weighted by atomic mass is 16.5. The number of carbonyl (C=O) groups is 2. The summed E-state index contributed by atoms with van der Waals surface area (Å²) in [7, 11) is 0. The van der Waals surface area contributed by atoms with Crippen molar-refractivity contribution in [2.75, 3.05) is 13.2 Å². The zero-order valence-corrected chi connectivity index (χ0v) is 11.9. The molecule has 21 heavy (non-hydrogen) atoms. The van der Waals surface area contributed by atoms with E-state index in [1.54, 1.807) is 6.92 Å². The van der Waals surface area contributed by atoms with Gasteiger partial charge in [-0.1, -0.05) is 18.2 Å². The predicted molar refractivity (Wildman–Crippen MR) is 79.6 cm³/mol. The quantitative estimate of drug-likeness (QED) is 0.682. The van der Waals surface area contributed by atoms with E-state index in [9.17, 15) is 9.59 Å². The van der Waals surface area contributed by atoms with E-state index in [1.165, 1.54) is 0 Å². The highest BCUT2D eigenvalue weighted by Crippen LogP contribution is 2.18. The topological polar surface area (TPSA) is 97.2 Å². The number of H-pyrrole nitrogens is 1. The standard InChI is InChI=1S/C15H19N3O3/c1-2-21-14(19)9-18-15(20)12(16)7-10-8-17-13-6-4-3-5-11(10)13/h3-6,8,12,17H,2,7,9,16H2,1H3,(H,18,20)/t12-/m0/s1. The Morgan fingerprint density at radius 1 is 1.38 bits per heavy atom. The Morgan fingerprint density at radius 3 is 2.90 bits per heavy atom. The van der Waals surface area contributed by atoms with E-state index in [-0.39, 0.29) is 19.1 Å². The molecule has 6 heteroatoms. The van der Waals surface area contributed by atoms with Crippen LogP contribution in [-0.2, 0) is 20.7 Å². The third kappa shape index (κ3) is 3.82. The Labute approximate surface area is 122 Å². The Morgan fingerprint density at radius 2 is 2.14 bits per heavy atom. The zero-order chi connectivity index (χ0) is 15.2. The smallest absolute Gasteiger partial charge is 0.325 e. The normalized spacial score (nSPS) is 12.1. The molecular formula is C15H19N3O3. The molecule has 0 bridgehead atoms. The summed E-state index contributed by atoms with van der Waals surface area (Å²) in [5.41, 5.74) is 7.86. The molecule has 1 aromatic heterocycles. The first kappa shape index (κ1) is 15.1. The van der Waals surface area contributed by atoms with Gasteiger partial charge in [-0.3, -0.25) is 9.59 Å². The lowest BCUT2D eigenvalue weighted by atomic mass is 10.1. The fourth-order valence-electron chi connectivity index (χ4n) is 2.13. The molecule has 0 aliphatic rings. The third-order valence-electron chi connectivity index (χ3n) is 3.16. The minimum absolute atomic E-state index is 0.158. The molecule has 1 aromatic carbocycles. The number of aromatic amines is 1. The van der Waals surface area contributed by atoms with E-state index in [0.29, 0.717) is 6.42 Å². The maximum atomic E-state index is 11.9. The molecule has 0 spiro atoms. The third-order valence-corrected chi connectivity index (χ3v) is 3.16. The van der Waals surface area contributed by atoms with Crippen molar-refractivity contribution in [2.45, 2.75) is 19.4 Å². The van der Waals surface area contributed by atoms with Gasteiger partial charge in [0.1, 0.15) is 6.54 Å². The molecule has 6 nitrogen and oxygen atoms in total. The van der Waals surface area contributed by atoms with Crippen molar-refractivity contribution in [1.82, 2.24) is 10.3 Å². The summed E-state index contributed by atoms with van der Waals surface area (Å²) < 4.78 is 4.74. The van der Waals surface area contributed by atoms with Gasteiger partial charge in [-0.2, -0.15) is 0 Å². The first-order chi connectivity index (χ1) is 10.1. The van der Waals surface area contributed by atoms with E-state index in [0.717, 1.165) is 16.5 Å². The van der Waals surface area contributed by atoms with Gasteiger partial charge in [-0.25, -0.2) is 0 Å². The molecule has 0 saturated heterocycles. The number of nitrogens with two attached hydrogens (primary N) is 1. The first-order valence-corrected chi connectivity index (χ1v) is 6.85. The fraction of sp³-hybridized carbons (Fsp3) is 0.333. The molecule has 2 aromatic rings. The van der Waals surface area contributed by atoms with E-state index in [4.69, 9.17) is 10.5 Å². The summed E-state index contributed by atoms with van der Waals surface area (Å²) in [6, 6.07) is 7.11. The summed E-state index contributed by atoms with van der Waals surface area (Å²) in [6.07, 6.45) is 2.25. The number of fused-ring (bicyclic) bond motifs is 1. The molecule has 2 rings (SSSR count). The highest BCUT2D eigenvalue weighted by molar-refractivity contribution is 5.87. The number of carbonyl (C=O) groups excluding carboxylic acids is 2. The summed E-state index contributed by atoms with van der Waals surface area (Å²) >= 11 is 0. The van der Waals surface area contributed by atoms with Crippen LogP contribution in [0, 0.1) is 0 Å². The number of rotatable bonds is 6. The lowest BCUT2D eigenvalue weighted by molar-refractivity contribution is -0.143. The molecule has 0 radical (unpaired) electrons. The van der Waals surface area contributed by atoms with Crippen LogP contribution in [0.4, 0.5) is 0 Å². The van der Waals surface area contributed by atoms with Crippen molar-refractivity contribution < 1.29 is 14.3 Å². The van der Waals surface area contributed by atoms with Gasteiger partial charge >= 0.3 is 5.97 Å². The number of aromatic nitrogens is 1. The average molecular weight is 289 g/mol. The van der Waals surface area contributed by atoms with Gasteiger partial charge in [-0.15, -0.1) is 0 Å². The summed E-state index contributed by atoms with van der Waals surface area (Å²) in [5.74, 6) is -0.835. The molecule has 1 heterocycles. The van der Waals surface area contributed by atoms with Gasteiger partial charge < -0.3 is 20.8 Å². The van der Waals surface area contributed by atoms with Crippen LogP contribution < -0.4 is 11.1 Å². The van der Waals surface area contributed by atoms with Crippen LogP contribution >= 0.6 is 0 Å². The van der Waals surface area contributed by atoms with Gasteiger partial charge in [0.2, 0.25) is 5.91 Å². The van der Waals surface area contributed by atoms with Crippen molar-refractivity contribution in [2.24, 2.45) is 5.73 Å². The molecule has 0 fully saturated rings. The SMILES string of the molecule is CCOC(=O)CNC(=O)[C@@H](N)Cc1c[nH]c2ccccc12. The maximum absolute atomic E-state index is 11.9. The number of ether oxygens (including phenoxy) is 1. The van der Waals surface area contributed by atoms with Crippen LogP contribution in [0.5, 0.6) is 0 Å². The Kier molecular flexibility index (Phi) is 4.94. The Balaban J connectivity index is 1.93. The van der Waals surface area contributed by atoms with Crippen LogP contribution in [0.3, 0.4) is 0 Å². The number of benzene rings is 1. The number of esters is 1. The van der Waals surface area contributed by atoms with E-state index in [1.807, 2.05) is 30.5 Å². The monoisotopic (exact) mass is 289 g/mol. The van der Waals surface area contributed by atoms with Gasteiger partial charge in [0.15, 0.2) is 0 Å². The highest BCUT2D eigenvalue weighted by Gasteiger charge is 2.17. The molecule has 1 amide bonds. The lowest BCUT2D eigenvalue weighted by Gasteiger charge is -2.11. The van der Waals surface area contributed by atoms with Crippen LogP contribution in [-0.4, -0.2) is 36.1 Å². The maximum Gasteiger partial charge on any atom is 0.325 e. The predicted octanol–water partition coefficient (Wildman–Crippen LogP) is 0.717. The molecule has 0 saturated carbocycles. The molecule has 4 N–H and O–H groups in total. The Bertz CT molecular complexity index is 636. The van der Waals surface area contributed by atoms with E-state index < -0.39 is 12.0 Å². The van der Waals surface area contributed by atoms with Crippen LogP contribution in [0.15, 0.2) is 30.5 Å². The number of hydrogen-bond acceptors (Lipinski definition) is 4. The zero-order valence-electron chi connectivity index (χ0n) is 11.9. The van der Waals surface area contributed by atoms with Gasteiger partial charge in [0.25, 0.3) is 0 Å². The van der Waals surface area contributed by atoms with Crippen molar-refractivity contribution in [1.29, 1.82) is 0 Å². The minimum atomic E-state index is -0.710. The number of nitrogens with one attached hydrogen (secondary N) is 2. The van der Waals surface area contributed by atoms with Crippen molar-refractivity contribution >= 4 is 22.8 Å². The minimum Gasteiger partial charge on any atom is -0.465 e. The van der Waals surface area contributed by atoms with Gasteiger partial charge in [-0.05, 0) is 25.0 Å². The molecule has 0 aliphatic heterocycles. The van der Waals surface area contributed by atoms with Crippen LogP contribution in [0.2, 0.25) is 0 Å². The second-order valence-corrected chi connectivity index (χ2v) is 4.69. The lowest BCUT2D eigenvalue weighted by Crippen LogP contribution is -2.44. The fourth-order valence-corrected chi connectivity index (χ4v) is 2.13. The summed E-state index contributed by atoms with van der Waals surface area (Å²) in [6.45, 7) is 1.84. The molecule has 0 aliphatic carbocycles. The summed E-state index contributed by atoms with van der Waals surface area (Å²) in [5, 5.41) is 3.53. The van der Waals surface area contributed by atoms with Crippen LogP contribution in [0.25, 0.3) is 10.9 Å². The molecular weight excluding hydrogens is 270 g/mol. The number of hydrogen-bond donors (Lipinski definition) is 3. The molecule has 0 unspecified atom stereocenters. The van der Waals surface area contributed by atoms with Crippen LogP contribution in [0.1, 0.15) is 12.5 Å². The van der Waals surface area contributed by atoms with Crippen molar-refractivity contribution in [3.8, 4) is 0 Å².